The fraction of sp³-hybridized carbons (Fsp3) is 0.167. The zero-order valence-corrected chi connectivity index (χ0v) is 11.2. The van der Waals surface area contributed by atoms with E-state index in [1.165, 1.54) is 5.57 Å². The fourth-order valence-electron chi connectivity index (χ4n) is 2.80. The van der Waals surface area contributed by atoms with E-state index in [9.17, 15) is 4.79 Å². The van der Waals surface area contributed by atoms with Gasteiger partial charge in [0.15, 0.2) is 5.78 Å². The molecule has 0 bridgehead atoms. The van der Waals surface area contributed by atoms with Gasteiger partial charge >= 0.3 is 0 Å². The highest BCUT2D eigenvalue weighted by molar-refractivity contribution is 6.08. The van der Waals surface area contributed by atoms with E-state index < -0.39 is 0 Å². The van der Waals surface area contributed by atoms with Gasteiger partial charge in [0.1, 0.15) is 0 Å². The highest BCUT2D eigenvalue weighted by Gasteiger charge is 2.18. The Kier molecular flexibility index (Phi) is 2.83. The predicted octanol–water partition coefficient (Wildman–Crippen LogP) is 4.64. The van der Waals surface area contributed by atoms with Gasteiger partial charge in [-0.1, -0.05) is 60.2 Å². The van der Waals surface area contributed by atoms with Crippen molar-refractivity contribution in [3.05, 3.63) is 71.3 Å². The molecule has 1 atom stereocenters. The standard InChI is InChI=1S/C18H16O/c1-12-7-8-15(11-12)17-10-9-14-5-3-4-6-16(14)18(17)13(2)19/h3-11,15H,1-2H3. The smallest absolute Gasteiger partial charge is 0.160 e. The van der Waals surface area contributed by atoms with Gasteiger partial charge in [0, 0.05) is 11.5 Å². The minimum Gasteiger partial charge on any atom is -0.294 e. The van der Waals surface area contributed by atoms with Crippen molar-refractivity contribution in [3.63, 3.8) is 0 Å². The van der Waals surface area contributed by atoms with Gasteiger partial charge < -0.3 is 0 Å². The monoisotopic (exact) mass is 248 g/mol. The third-order valence-electron chi connectivity index (χ3n) is 3.68. The Hall–Kier alpha value is -2.15. The minimum absolute atomic E-state index is 0.137. The summed E-state index contributed by atoms with van der Waals surface area (Å²) in [5.74, 6) is 0.363. The zero-order chi connectivity index (χ0) is 13.4. The van der Waals surface area contributed by atoms with Gasteiger partial charge in [0.2, 0.25) is 0 Å². The Morgan fingerprint density at radius 1 is 1.11 bits per heavy atom. The molecule has 0 aromatic heterocycles. The van der Waals surface area contributed by atoms with Crippen LogP contribution >= 0.6 is 0 Å². The van der Waals surface area contributed by atoms with E-state index in [4.69, 9.17) is 0 Å². The molecule has 0 aliphatic heterocycles. The summed E-state index contributed by atoms with van der Waals surface area (Å²) in [6, 6.07) is 12.3. The van der Waals surface area contributed by atoms with Crippen LogP contribution in [0.5, 0.6) is 0 Å². The van der Waals surface area contributed by atoms with Crippen LogP contribution in [0.15, 0.2) is 60.2 Å². The molecule has 2 aromatic rings. The Morgan fingerprint density at radius 2 is 1.89 bits per heavy atom. The molecular formula is C18H16O. The molecule has 2 aromatic carbocycles. The Balaban J connectivity index is 2.28. The first-order valence-electron chi connectivity index (χ1n) is 6.56. The second kappa shape index (κ2) is 4.51. The molecule has 0 N–H and O–H groups in total. The van der Waals surface area contributed by atoms with Crippen molar-refractivity contribution in [3.8, 4) is 0 Å². The number of hydrogen-bond donors (Lipinski definition) is 0. The lowest BCUT2D eigenvalue weighted by molar-refractivity contribution is 0.101. The molecule has 1 aliphatic rings. The lowest BCUT2D eigenvalue weighted by Gasteiger charge is -2.14. The van der Waals surface area contributed by atoms with Crippen LogP contribution in [-0.4, -0.2) is 5.78 Å². The van der Waals surface area contributed by atoms with Gasteiger partial charge in [-0.25, -0.2) is 0 Å². The first kappa shape index (κ1) is 11.9. The molecule has 3 rings (SSSR count). The number of rotatable bonds is 2. The van der Waals surface area contributed by atoms with Crippen molar-refractivity contribution in [2.45, 2.75) is 19.8 Å². The molecule has 0 radical (unpaired) electrons. The van der Waals surface area contributed by atoms with Gasteiger partial charge in [0.25, 0.3) is 0 Å². The molecule has 0 amide bonds. The van der Waals surface area contributed by atoms with Crippen molar-refractivity contribution in [2.75, 3.05) is 0 Å². The summed E-state index contributed by atoms with van der Waals surface area (Å²) in [5, 5.41) is 2.18. The average molecular weight is 248 g/mol. The Labute approximate surface area is 113 Å². The normalized spacial score (nSPS) is 17.8. The van der Waals surface area contributed by atoms with Crippen LogP contribution in [0.4, 0.5) is 0 Å². The summed E-state index contributed by atoms with van der Waals surface area (Å²) in [7, 11) is 0. The summed E-state index contributed by atoms with van der Waals surface area (Å²) >= 11 is 0. The third-order valence-corrected chi connectivity index (χ3v) is 3.68. The number of benzene rings is 2. The number of ketones is 1. The van der Waals surface area contributed by atoms with Crippen LogP contribution < -0.4 is 0 Å². The van der Waals surface area contributed by atoms with Gasteiger partial charge in [-0.2, -0.15) is 0 Å². The molecule has 0 saturated carbocycles. The minimum atomic E-state index is 0.137. The van der Waals surface area contributed by atoms with E-state index in [-0.39, 0.29) is 11.7 Å². The van der Waals surface area contributed by atoms with Crippen LogP contribution in [0.3, 0.4) is 0 Å². The summed E-state index contributed by atoms with van der Waals surface area (Å²) in [6.07, 6.45) is 6.48. The summed E-state index contributed by atoms with van der Waals surface area (Å²) in [4.78, 5) is 12.1. The summed E-state index contributed by atoms with van der Waals surface area (Å²) in [5.41, 5.74) is 3.23. The Bertz CT molecular complexity index is 720. The molecule has 0 fully saturated rings. The first-order chi connectivity index (χ1) is 9.16. The van der Waals surface area contributed by atoms with Crippen molar-refractivity contribution < 1.29 is 4.79 Å². The second-order valence-electron chi connectivity index (χ2n) is 5.10. The summed E-state index contributed by atoms with van der Waals surface area (Å²) in [6.45, 7) is 3.74. The van der Waals surface area contributed by atoms with Gasteiger partial charge in [0.05, 0.1) is 0 Å². The van der Waals surface area contributed by atoms with Crippen LogP contribution in [0.2, 0.25) is 0 Å². The average Bonchev–Trinajstić information content (AvgIpc) is 2.83. The summed E-state index contributed by atoms with van der Waals surface area (Å²) < 4.78 is 0. The van der Waals surface area contributed by atoms with Crippen LogP contribution in [-0.2, 0) is 0 Å². The number of Topliss-reactive ketones (excluding diaryl/α,β-unsaturated/α-hetero) is 1. The van der Waals surface area contributed by atoms with E-state index in [0.29, 0.717) is 0 Å². The quantitative estimate of drug-likeness (QED) is 0.707. The van der Waals surface area contributed by atoms with Crippen molar-refractivity contribution in [1.82, 2.24) is 0 Å². The molecule has 1 unspecified atom stereocenters. The molecule has 1 aliphatic carbocycles. The van der Waals surface area contributed by atoms with Gasteiger partial charge in [-0.05, 0) is 30.2 Å². The maximum atomic E-state index is 12.1. The number of allylic oxidation sites excluding steroid dienone is 4. The van der Waals surface area contributed by atoms with Crippen LogP contribution in [0, 0.1) is 0 Å². The molecule has 1 heteroatoms. The molecule has 94 valence electrons. The van der Waals surface area contributed by atoms with E-state index >= 15 is 0 Å². The maximum Gasteiger partial charge on any atom is 0.160 e. The van der Waals surface area contributed by atoms with Crippen molar-refractivity contribution in [2.24, 2.45) is 0 Å². The Morgan fingerprint density at radius 3 is 2.58 bits per heavy atom. The number of hydrogen-bond acceptors (Lipinski definition) is 1. The van der Waals surface area contributed by atoms with E-state index in [0.717, 1.165) is 21.9 Å². The highest BCUT2D eigenvalue weighted by atomic mass is 16.1. The highest BCUT2D eigenvalue weighted by Crippen LogP contribution is 2.33. The topological polar surface area (TPSA) is 17.1 Å². The first-order valence-corrected chi connectivity index (χ1v) is 6.56. The van der Waals surface area contributed by atoms with E-state index in [1.54, 1.807) is 6.92 Å². The fourth-order valence-corrected chi connectivity index (χ4v) is 2.80. The van der Waals surface area contributed by atoms with Crippen molar-refractivity contribution in [1.29, 1.82) is 0 Å². The SMILES string of the molecule is CC(=O)c1c(C2C=CC(C)=C2)ccc2ccccc12. The molecule has 0 saturated heterocycles. The largest absolute Gasteiger partial charge is 0.294 e. The second-order valence-corrected chi connectivity index (χ2v) is 5.10. The lowest BCUT2D eigenvalue weighted by atomic mass is 9.89. The third kappa shape index (κ3) is 2.01. The zero-order valence-electron chi connectivity index (χ0n) is 11.2. The van der Waals surface area contributed by atoms with Crippen LogP contribution in [0.25, 0.3) is 10.8 Å². The van der Waals surface area contributed by atoms with Gasteiger partial charge in [-0.3, -0.25) is 4.79 Å². The number of carbonyl (C=O) groups is 1. The van der Waals surface area contributed by atoms with Gasteiger partial charge in [-0.15, -0.1) is 0 Å². The van der Waals surface area contributed by atoms with E-state index in [1.807, 2.05) is 18.2 Å². The molecule has 1 nitrogen and oxygen atoms in total. The number of fused-ring (bicyclic) bond motifs is 1. The molecule has 19 heavy (non-hydrogen) atoms. The number of carbonyl (C=O) groups excluding carboxylic acids is 1. The van der Waals surface area contributed by atoms with Crippen molar-refractivity contribution >= 4 is 16.6 Å². The van der Waals surface area contributed by atoms with E-state index in [2.05, 4.69) is 43.4 Å². The molecule has 0 heterocycles. The molecular weight excluding hydrogens is 232 g/mol. The maximum absolute atomic E-state index is 12.1. The predicted molar refractivity (Wildman–Crippen MR) is 79.6 cm³/mol. The lowest BCUT2D eigenvalue weighted by Crippen LogP contribution is -2.03. The van der Waals surface area contributed by atoms with Crippen LogP contribution in [0.1, 0.15) is 35.7 Å². The molecule has 0 spiro atoms.